The third-order valence-corrected chi connectivity index (χ3v) is 10.1. The molecule has 1 amide bonds. The van der Waals surface area contributed by atoms with E-state index in [0.29, 0.717) is 44.1 Å². The molecule has 0 unspecified atom stereocenters. The molecule has 214 valence electrons. The van der Waals surface area contributed by atoms with Gasteiger partial charge in [-0.25, -0.2) is 8.42 Å². The summed E-state index contributed by atoms with van der Waals surface area (Å²) in [5.74, 6) is 1.37. The maximum atomic E-state index is 13.6. The van der Waals surface area contributed by atoms with Crippen molar-refractivity contribution >= 4 is 28.1 Å². The number of sulfonamides is 1. The van der Waals surface area contributed by atoms with Crippen molar-refractivity contribution in [3.63, 3.8) is 0 Å². The van der Waals surface area contributed by atoms with Crippen LogP contribution in [0.3, 0.4) is 0 Å². The second-order valence-electron chi connectivity index (χ2n) is 11.6. The number of likely N-dealkylation sites (tertiary alicyclic amines) is 1. The van der Waals surface area contributed by atoms with Gasteiger partial charge in [-0.2, -0.15) is 4.31 Å². The molecule has 2 aromatic rings. The molecule has 3 heterocycles. The summed E-state index contributed by atoms with van der Waals surface area (Å²) in [5.41, 5.74) is 2.44. The molecule has 2 aliphatic heterocycles. The maximum absolute atomic E-state index is 13.6. The Morgan fingerprint density at radius 1 is 1.05 bits per heavy atom. The Hall–Kier alpha value is -2.49. The second-order valence-corrected chi connectivity index (χ2v) is 13.5. The Morgan fingerprint density at radius 3 is 2.36 bits per heavy atom. The summed E-state index contributed by atoms with van der Waals surface area (Å²) in [6.07, 6.45) is 7.98. The van der Waals surface area contributed by atoms with Gasteiger partial charge in [0.15, 0.2) is 10.7 Å². The minimum absolute atomic E-state index is 0.0529. The molecule has 0 radical (unpaired) electrons. The van der Waals surface area contributed by atoms with Crippen molar-refractivity contribution in [3.8, 4) is 0 Å². The average molecular weight is 557 g/mol. The number of carbonyl (C=O) groups is 1. The van der Waals surface area contributed by atoms with Gasteiger partial charge in [0, 0.05) is 25.6 Å². The zero-order valence-corrected chi connectivity index (χ0v) is 24.7. The second kappa shape index (κ2) is 13.2. The number of rotatable bonds is 10. The molecule has 2 fully saturated rings. The molecular formula is C30H44N4O4S. The van der Waals surface area contributed by atoms with E-state index in [1.54, 1.807) is 13.0 Å². The number of aryl methyl sites for hydroxylation is 2. The van der Waals surface area contributed by atoms with Crippen molar-refractivity contribution in [1.29, 1.82) is 0 Å². The maximum Gasteiger partial charge on any atom is 0.248 e. The molecule has 2 aliphatic rings. The van der Waals surface area contributed by atoms with Crippen LogP contribution in [-0.2, 0) is 14.8 Å². The average Bonchev–Trinajstić information content (AvgIpc) is 3.31. The molecule has 4 rings (SSSR count). The smallest absolute Gasteiger partial charge is 0.248 e. The van der Waals surface area contributed by atoms with Crippen molar-refractivity contribution in [2.24, 2.45) is 17.8 Å². The Kier molecular flexibility index (Phi) is 10.0. The number of nitrogens with zero attached hydrogens (tertiary/aromatic N) is 3. The van der Waals surface area contributed by atoms with Crippen molar-refractivity contribution < 1.29 is 17.7 Å². The summed E-state index contributed by atoms with van der Waals surface area (Å²) in [5, 5.41) is 7.10. The topological polar surface area (TPSA) is 95.8 Å². The highest BCUT2D eigenvalue weighted by atomic mass is 32.2. The molecule has 1 N–H and O–H groups in total. The van der Waals surface area contributed by atoms with Crippen LogP contribution in [0.2, 0.25) is 0 Å². The van der Waals surface area contributed by atoms with E-state index in [4.69, 9.17) is 4.52 Å². The lowest BCUT2D eigenvalue weighted by Gasteiger charge is -2.33. The number of aromatic nitrogens is 1. The predicted octanol–water partition coefficient (Wildman–Crippen LogP) is 4.74. The lowest BCUT2D eigenvalue weighted by molar-refractivity contribution is -0.126. The molecule has 0 spiro atoms. The van der Waals surface area contributed by atoms with Gasteiger partial charge in [-0.05, 0) is 89.1 Å². The molecule has 0 aliphatic carbocycles. The van der Waals surface area contributed by atoms with Gasteiger partial charge in [0.25, 0.3) is 0 Å². The highest BCUT2D eigenvalue weighted by molar-refractivity contribution is 7.89. The fourth-order valence-electron chi connectivity index (χ4n) is 5.38. The zero-order valence-electron chi connectivity index (χ0n) is 23.9. The van der Waals surface area contributed by atoms with Crippen LogP contribution in [-0.4, -0.2) is 68.0 Å². The van der Waals surface area contributed by atoms with E-state index in [0.717, 1.165) is 49.5 Å². The van der Waals surface area contributed by atoms with Crippen LogP contribution >= 0.6 is 0 Å². The molecule has 39 heavy (non-hydrogen) atoms. The van der Waals surface area contributed by atoms with Crippen molar-refractivity contribution in [3.05, 3.63) is 46.8 Å². The van der Waals surface area contributed by atoms with Crippen LogP contribution in [0.1, 0.15) is 68.5 Å². The fraction of sp³-hybridized carbons (Fsp3) is 0.600. The minimum atomic E-state index is -3.80. The van der Waals surface area contributed by atoms with Gasteiger partial charge in [0.1, 0.15) is 5.69 Å². The highest BCUT2D eigenvalue weighted by Gasteiger charge is 2.36. The Morgan fingerprint density at radius 2 is 1.72 bits per heavy atom. The summed E-state index contributed by atoms with van der Waals surface area (Å²) in [6.45, 7) is 12.9. The molecule has 2 saturated heterocycles. The molecule has 1 aromatic heterocycles. The molecule has 8 nitrogen and oxygen atoms in total. The van der Waals surface area contributed by atoms with Gasteiger partial charge in [0.05, 0.1) is 0 Å². The van der Waals surface area contributed by atoms with Crippen LogP contribution in [0.15, 0.2) is 33.7 Å². The number of hydrogen-bond donors (Lipinski definition) is 1. The summed E-state index contributed by atoms with van der Waals surface area (Å²) in [4.78, 5) is 15.5. The van der Waals surface area contributed by atoms with Crippen LogP contribution in [0.4, 0.5) is 0 Å². The quantitative estimate of drug-likeness (QED) is 0.454. The first kappa shape index (κ1) is 29.5. The van der Waals surface area contributed by atoms with Gasteiger partial charge >= 0.3 is 0 Å². The van der Waals surface area contributed by atoms with Gasteiger partial charge in [-0.3, -0.25) is 4.79 Å². The van der Waals surface area contributed by atoms with Gasteiger partial charge in [-0.15, -0.1) is 0 Å². The number of hydrogen-bond acceptors (Lipinski definition) is 6. The lowest BCUT2D eigenvalue weighted by atomic mass is 9.94. The number of piperidine rings is 2. The SMILES string of the molecule is Cc1ccc(C=Cc2onc(C)c2S(=O)(=O)N2CCC(C(=O)NCC3CCN(CCC(C)C)CC3)CC2)cc1. The molecule has 9 heteroatoms. The van der Waals surface area contributed by atoms with Crippen LogP contribution in [0, 0.1) is 31.6 Å². The standard InChI is InChI=1S/C30H44N4O4S/c1-22(2)11-16-33-17-12-26(13-18-33)21-31-30(35)27-14-19-34(20-15-27)39(36,37)29-24(4)32-38-28(29)10-9-25-7-5-23(3)6-8-25/h5-10,22,26-27H,11-21H2,1-4H3,(H,31,35). The number of carbonyl (C=O) groups excluding carboxylic acids is 1. The van der Waals surface area contributed by atoms with E-state index in [-0.39, 0.29) is 22.5 Å². The molecular weight excluding hydrogens is 512 g/mol. The fourth-order valence-corrected chi connectivity index (χ4v) is 7.10. The summed E-state index contributed by atoms with van der Waals surface area (Å²) >= 11 is 0. The first-order valence-corrected chi connectivity index (χ1v) is 15.8. The summed E-state index contributed by atoms with van der Waals surface area (Å²) in [7, 11) is -3.80. The Labute approximate surface area is 233 Å². The Bertz CT molecular complexity index is 1220. The van der Waals surface area contributed by atoms with E-state index < -0.39 is 10.0 Å². The molecule has 0 bridgehead atoms. The van der Waals surface area contributed by atoms with E-state index >= 15 is 0 Å². The Balaban J connectivity index is 1.27. The van der Waals surface area contributed by atoms with Gasteiger partial charge in [-0.1, -0.05) is 54.9 Å². The normalized spacial score (nSPS) is 18.8. The van der Waals surface area contributed by atoms with Crippen LogP contribution < -0.4 is 5.32 Å². The summed E-state index contributed by atoms with van der Waals surface area (Å²) < 4.78 is 34.0. The number of amides is 1. The van der Waals surface area contributed by atoms with Crippen molar-refractivity contribution in [2.75, 3.05) is 39.3 Å². The van der Waals surface area contributed by atoms with Gasteiger partial charge in [0.2, 0.25) is 15.9 Å². The first-order chi connectivity index (χ1) is 18.6. The van der Waals surface area contributed by atoms with Crippen molar-refractivity contribution in [1.82, 2.24) is 19.7 Å². The van der Waals surface area contributed by atoms with E-state index in [9.17, 15) is 13.2 Å². The van der Waals surface area contributed by atoms with Crippen LogP contribution in [0.25, 0.3) is 12.2 Å². The van der Waals surface area contributed by atoms with Crippen molar-refractivity contribution in [2.45, 2.75) is 64.7 Å². The van der Waals surface area contributed by atoms with E-state index in [2.05, 4.69) is 29.2 Å². The first-order valence-electron chi connectivity index (χ1n) is 14.3. The zero-order chi connectivity index (χ0) is 28.0. The predicted molar refractivity (Wildman–Crippen MR) is 154 cm³/mol. The van der Waals surface area contributed by atoms with E-state index in [1.807, 2.05) is 37.3 Å². The number of benzene rings is 1. The third kappa shape index (κ3) is 7.80. The summed E-state index contributed by atoms with van der Waals surface area (Å²) in [6, 6.07) is 7.94. The highest BCUT2D eigenvalue weighted by Crippen LogP contribution is 2.29. The number of nitrogens with one attached hydrogen (secondary N) is 1. The molecule has 1 aromatic carbocycles. The van der Waals surface area contributed by atoms with E-state index in [1.165, 1.54) is 10.7 Å². The third-order valence-electron chi connectivity index (χ3n) is 8.06. The molecule has 0 saturated carbocycles. The largest absolute Gasteiger partial charge is 0.356 e. The molecule has 0 atom stereocenters. The van der Waals surface area contributed by atoms with Crippen LogP contribution in [0.5, 0.6) is 0 Å². The monoisotopic (exact) mass is 556 g/mol. The lowest BCUT2D eigenvalue weighted by Crippen LogP contribution is -2.45. The van der Waals surface area contributed by atoms with Gasteiger partial charge < -0.3 is 14.7 Å². The minimum Gasteiger partial charge on any atom is -0.356 e.